The molecule has 2 atom stereocenters. The Morgan fingerprint density at radius 1 is 1.08 bits per heavy atom. The fourth-order valence-corrected chi connectivity index (χ4v) is 2.08. The summed E-state index contributed by atoms with van der Waals surface area (Å²) in [5.41, 5.74) is 0. The topological polar surface area (TPSA) is 9.23 Å². The van der Waals surface area contributed by atoms with E-state index >= 15 is 0 Å². The minimum Gasteiger partial charge on any atom is -0.381 e. The van der Waals surface area contributed by atoms with Crippen LogP contribution in [-0.2, 0) is 4.74 Å². The quantitative estimate of drug-likeness (QED) is 0.573. The van der Waals surface area contributed by atoms with Crippen molar-refractivity contribution in [2.45, 2.75) is 52.4 Å². The molecule has 0 N–H and O–H groups in total. The Morgan fingerprint density at radius 3 is 2.46 bits per heavy atom. The lowest BCUT2D eigenvalue weighted by molar-refractivity contribution is 0.180. The second-order valence-electron chi connectivity index (χ2n) is 4.48. The molecule has 1 aliphatic rings. The average Bonchev–Trinajstić information content (AvgIpc) is 2.52. The average molecular weight is 184 g/mol. The lowest BCUT2D eigenvalue weighted by Gasteiger charge is -2.11. The maximum atomic E-state index is 5.45. The highest BCUT2D eigenvalue weighted by atomic mass is 16.5. The predicted molar refractivity (Wildman–Crippen MR) is 56.8 cm³/mol. The zero-order valence-electron chi connectivity index (χ0n) is 9.22. The summed E-state index contributed by atoms with van der Waals surface area (Å²) >= 11 is 0. The Bertz CT molecular complexity index is 122. The Labute approximate surface area is 82.9 Å². The molecule has 0 radical (unpaired) electrons. The van der Waals surface area contributed by atoms with Gasteiger partial charge in [-0.05, 0) is 18.3 Å². The maximum Gasteiger partial charge on any atom is 0.0497 e. The van der Waals surface area contributed by atoms with Crippen LogP contribution >= 0.6 is 0 Å². The van der Waals surface area contributed by atoms with E-state index in [1.807, 2.05) is 0 Å². The van der Waals surface area contributed by atoms with Gasteiger partial charge in [0, 0.05) is 13.2 Å². The first-order chi connectivity index (χ1) is 6.34. The van der Waals surface area contributed by atoms with Crippen LogP contribution in [0.2, 0.25) is 0 Å². The van der Waals surface area contributed by atoms with Gasteiger partial charge in [-0.2, -0.15) is 0 Å². The molecule has 1 aliphatic heterocycles. The summed E-state index contributed by atoms with van der Waals surface area (Å²) in [6.07, 6.45) is 8.43. The minimum absolute atomic E-state index is 0.811. The van der Waals surface area contributed by atoms with Crippen molar-refractivity contribution in [3.8, 4) is 0 Å². The zero-order chi connectivity index (χ0) is 9.52. The Hall–Kier alpha value is -0.0400. The van der Waals surface area contributed by atoms with E-state index in [1.54, 1.807) is 0 Å². The van der Waals surface area contributed by atoms with E-state index in [4.69, 9.17) is 4.74 Å². The summed E-state index contributed by atoms with van der Waals surface area (Å²) in [6.45, 7) is 6.62. The van der Waals surface area contributed by atoms with E-state index in [0.717, 1.165) is 25.0 Å². The molecule has 0 spiro atoms. The molecular formula is C12H24O. The molecular weight excluding hydrogens is 160 g/mol. The smallest absolute Gasteiger partial charge is 0.0497 e. The molecule has 1 rings (SSSR count). The normalized spacial score (nSPS) is 28.2. The first-order valence-corrected chi connectivity index (χ1v) is 5.92. The molecule has 0 aromatic rings. The number of ether oxygens (including phenoxy) is 1. The Balaban J connectivity index is 1.93. The van der Waals surface area contributed by atoms with Gasteiger partial charge >= 0.3 is 0 Å². The van der Waals surface area contributed by atoms with Crippen LogP contribution in [0, 0.1) is 11.8 Å². The summed E-state index contributed by atoms with van der Waals surface area (Å²) in [5.74, 6) is 1.67. The highest BCUT2D eigenvalue weighted by Gasteiger charge is 2.23. The zero-order valence-corrected chi connectivity index (χ0v) is 9.22. The van der Waals surface area contributed by atoms with Crippen molar-refractivity contribution in [3.63, 3.8) is 0 Å². The summed E-state index contributed by atoms with van der Waals surface area (Å²) < 4.78 is 5.45. The van der Waals surface area contributed by atoms with Gasteiger partial charge in [-0.15, -0.1) is 0 Å². The van der Waals surface area contributed by atoms with Gasteiger partial charge in [0.15, 0.2) is 0 Å². The van der Waals surface area contributed by atoms with Crippen LogP contribution < -0.4 is 0 Å². The number of rotatable bonds is 6. The maximum absolute atomic E-state index is 5.45. The van der Waals surface area contributed by atoms with Crippen LogP contribution in [-0.4, -0.2) is 13.2 Å². The van der Waals surface area contributed by atoms with Gasteiger partial charge in [0.05, 0.1) is 0 Å². The van der Waals surface area contributed by atoms with Crippen LogP contribution in [0.25, 0.3) is 0 Å². The molecule has 1 nitrogen and oxygen atoms in total. The lowest BCUT2D eigenvalue weighted by Crippen LogP contribution is -2.08. The Kier molecular flexibility index (Phi) is 5.45. The molecule has 78 valence electrons. The molecule has 0 amide bonds. The first-order valence-electron chi connectivity index (χ1n) is 5.92. The van der Waals surface area contributed by atoms with Crippen LogP contribution in [0.3, 0.4) is 0 Å². The van der Waals surface area contributed by atoms with E-state index in [1.165, 1.54) is 38.5 Å². The third-order valence-electron chi connectivity index (χ3n) is 3.20. The van der Waals surface area contributed by atoms with Crippen molar-refractivity contribution in [2.75, 3.05) is 13.2 Å². The predicted octanol–water partition coefficient (Wildman–Crippen LogP) is 3.63. The first kappa shape index (κ1) is 11.0. The highest BCUT2D eigenvalue weighted by molar-refractivity contribution is 4.71. The second-order valence-corrected chi connectivity index (χ2v) is 4.48. The van der Waals surface area contributed by atoms with Gasteiger partial charge in [-0.25, -0.2) is 0 Å². The van der Waals surface area contributed by atoms with Crippen LogP contribution in [0.15, 0.2) is 0 Å². The van der Waals surface area contributed by atoms with Gasteiger partial charge in [0.25, 0.3) is 0 Å². The van der Waals surface area contributed by atoms with Crippen molar-refractivity contribution in [2.24, 2.45) is 11.8 Å². The fraction of sp³-hybridized carbons (Fsp3) is 1.00. The molecule has 1 heterocycles. The summed E-state index contributed by atoms with van der Waals surface area (Å²) in [5, 5.41) is 0. The van der Waals surface area contributed by atoms with E-state index in [0.29, 0.717) is 0 Å². The van der Waals surface area contributed by atoms with Crippen molar-refractivity contribution >= 4 is 0 Å². The third kappa shape index (κ3) is 4.12. The molecule has 13 heavy (non-hydrogen) atoms. The molecule has 0 aromatic carbocycles. The summed E-state index contributed by atoms with van der Waals surface area (Å²) in [6, 6.07) is 0. The molecule has 0 bridgehead atoms. The Morgan fingerprint density at radius 2 is 1.85 bits per heavy atom. The van der Waals surface area contributed by atoms with Gasteiger partial charge in [0.2, 0.25) is 0 Å². The number of hydrogen-bond donors (Lipinski definition) is 0. The molecule has 0 aromatic heterocycles. The number of unbranched alkanes of at least 4 members (excludes halogenated alkanes) is 4. The minimum atomic E-state index is 0.811. The van der Waals surface area contributed by atoms with Crippen LogP contribution in [0.1, 0.15) is 52.4 Å². The number of hydrogen-bond acceptors (Lipinski definition) is 1. The SMILES string of the molecule is CCCCCCC[C@@H]1COC[C@H]1C. The van der Waals surface area contributed by atoms with Gasteiger partial charge in [-0.1, -0.05) is 46.0 Å². The molecule has 1 saturated heterocycles. The molecule has 1 fully saturated rings. The monoisotopic (exact) mass is 184 g/mol. The fourth-order valence-electron chi connectivity index (χ4n) is 2.08. The second kappa shape index (κ2) is 6.42. The van der Waals surface area contributed by atoms with E-state index < -0.39 is 0 Å². The van der Waals surface area contributed by atoms with E-state index in [2.05, 4.69) is 13.8 Å². The highest BCUT2D eigenvalue weighted by Crippen LogP contribution is 2.25. The summed E-state index contributed by atoms with van der Waals surface area (Å²) in [4.78, 5) is 0. The van der Waals surface area contributed by atoms with Crippen molar-refractivity contribution in [1.82, 2.24) is 0 Å². The van der Waals surface area contributed by atoms with Gasteiger partial charge < -0.3 is 4.74 Å². The molecule has 0 saturated carbocycles. The van der Waals surface area contributed by atoms with Crippen LogP contribution in [0.4, 0.5) is 0 Å². The molecule has 0 aliphatic carbocycles. The lowest BCUT2D eigenvalue weighted by atomic mass is 9.92. The van der Waals surface area contributed by atoms with Crippen molar-refractivity contribution < 1.29 is 4.74 Å². The molecule has 0 unspecified atom stereocenters. The van der Waals surface area contributed by atoms with Crippen molar-refractivity contribution in [3.05, 3.63) is 0 Å². The largest absolute Gasteiger partial charge is 0.381 e. The van der Waals surface area contributed by atoms with Crippen LogP contribution in [0.5, 0.6) is 0 Å². The standard InChI is InChI=1S/C12H24O/c1-3-4-5-6-7-8-12-10-13-9-11(12)2/h11-12H,3-10H2,1-2H3/t11-,12-/m1/s1. The van der Waals surface area contributed by atoms with Gasteiger partial charge in [-0.3, -0.25) is 0 Å². The van der Waals surface area contributed by atoms with E-state index in [9.17, 15) is 0 Å². The third-order valence-corrected chi connectivity index (χ3v) is 3.20. The van der Waals surface area contributed by atoms with Gasteiger partial charge in [0.1, 0.15) is 0 Å². The summed E-state index contributed by atoms with van der Waals surface area (Å²) in [7, 11) is 0. The van der Waals surface area contributed by atoms with E-state index in [-0.39, 0.29) is 0 Å². The molecule has 1 heteroatoms. The van der Waals surface area contributed by atoms with Crippen molar-refractivity contribution in [1.29, 1.82) is 0 Å².